The largest absolute Gasteiger partial charge is 0.493 e. The molecule has 1 aliphatic heterocycles. The van der Waals surface area contributed by atoms with Crippen LogP contribution >= 0.6 is 0 Å². The first-order valence-corrected chi connectivity index (χ1v) is 7.06. The van der Waals surface area contributed by atoms with Crippen LogP contribution < -0.4 is 14.8 Å². The van der Waals surface area contributed by atoms with Crippen molar-refractivity contribution in [2.24, 2.45) is 0 Å². The van der Waals surface area contributed by atoms with Gasteiger partial charge in [-0.15, -0.1) is 0 Å². The lowest BCUT2D eigenvalue weighted by Gasteiger charge is -2.10. The summed E-state index contributed by atoms with van der Waals surface area (Å²) in [5.74, 6) is 1.57. The minimum atomic E-state index is -0.107. The Labute approximate surface area is 119 Å². The number of benzene rings is 1. The molecule has 1 N–H and O–H groups in total. The van der Waals surface area contributed by atoms with Gasteiger partial charge in [0.05, 0.1) is 6.61 Å². The van der Waals surface area contributed by atoms with E-state index in [1.807, 2.05) is 32.9 Å². The van der Waals surface area contributed by atoms with E-state index >= 15 is 0 Å². The molecule has 0 saturated heterocycles. The van der Waals surface area contributed by atoms with Crippen LogP contribution in [-0.4, -0.2) is 25.2 Å². The molecule has 1 aromatic rings. The maximum Gasteiger partial charge on any atom is 0.243 e. The Morgan fingerprint density at radius 3 is 3.00 bits per heavy atom. The number of carbonyl (C=O) groups excluding carboxylic acids is 1. The van der Waals surface area contributed by atoms with Gasteiger partial charge in [0.25, 0.3) is 0 Å². The van der Waals surface area contributed by atoms with Crippen LogP contribution in [0, 0.1) is 0 Å². The minimum absolute atomic E-state index is 0.107. The van der Waals surface area contributed by atoms with Gasteiger partial charge < -0.3 is 14.8 Å². The molecule has 2 rings (SSSR count). The van der Waals surface area contributed by atoms with E-state index < -0.39 is 0 Å². The van der Waals surface area contributed by atoms with Crippen molar-refractivity contribution in [1.82, 2.24) is 5.32 Å². The lowest BCUT2D eigenvalue weighted by Crippen LogP contribution is -2.19. The summed E-state index contributed by atoms with van der Waals surface area (Å²) in [4.78, 5) is 11.5. The zero-order valence-corrected chi connectivity index (χ0v) is 12.2. The van der Waals surface area contributed by atoms with Gasteiger partial charge in [-0.05, 0) is 39.0 Å². The molecule has 0 aliphatic carbocycles. The van der Waals surface area contributed by atoms with Gasteiger partial charge in [-0.3, -0.25) is 4.79 Å². The monoisotopic (exact) mass is 275 g/mol. The molecule has 1 amide bonds. The van der Waals surface area contributed by atoms with Gasteiger partial charge in [-0.1, -0.05) is 0 Å². The van der Waals surface area contributed by atoms with E-state index in [2.05, 4.69) is 5.32 Å². The molecule has 4 heteroatoms. The molecule has 1 atom stereocenters. The number of rotatable bonds is 5. The lowest BCUT2D eigenvalue weighted by atomic mass is 10.1. The second-order valence-corrected chi connectivity index (χ2v) is 4.79. The van der Waals surface area contributed by atoms with E-state index in [9.17, 15) is 4.79 Å². The molecule has 4 nitrogen and oxygen atoms in total. The first kappa shape index (κ1) is 14.4. The third kappa shape index (κ3) is 3.32. The SMILES string of the molecule is CCNC(=O)/C=C/c1cc2c(cc1OCC)CC(C)O2. The van der Waals surface area contributed by atoms with Crippen molar-refractivity contribution in [3.63, 3.8) is 0 Å². The summed E-state index contributed by atoms with van der Waals surface area (Å²) in [5.41, 5.74) is 2.03. The zero-order valence-electron chi connectivity index (χ0n) is 12.2. The Morgan fingerprint density at radius 1 is 1.50 bits per heavy atom. The Kier molecular flexibility index (Phi) is 4.66. The van der Waals surface area contributed by atoms with Gasteiger partial charge in [0, 0.05) is 30.2 Å². The molecular weight excluding hydrogens is 254 g/mol. The molecule has 0 fully saturated rings. The highest BCUT2D eigenvalue weighted by atomic mass is 16.5. The van der Waals surface area contributed by atoms with E-state index in [4.69, 9.17) is 9.47 Å². The molecule has 20 heavy (non-hydrogen) atoms. The topological polar surface area (TPSA) is 47.6 Å². The van der Waals surface area contributed by atoms with Crippen LogP contribution in [0.2, 0.25) is 0 Å². The van der Waals surface area contributed by atoms with E-state index in [-0.39, 0.29) is 12.0 Å². The third-order valence-electron chi connectivity index (χ3n) is 3.09. The molecule has 1 unspecified atom stereocenters. The van der Waals surface area contributed by atoms with Crippen molar-refractivity contribution in [3.05, 3.63) is 29.3 Å². The molecule has 1 aliphatic rings. The molecule has 108 valence electrons. The van der Waals surface area contributed by atoms with Gasteiger partial charge in [-0.25, -0.2) is 0 Å². The zero-order chi connectivity index (χ0) is 14.5. The number of nitrogens with one attached hydrogen (secondary N) is 1. The second kappa shape index (κ2) is 6.46. The van der Waals surface area contributed by atoms with Crippen molar-refractivity contribution in [3.8, 4) is 11.5 Å². The van der Waals surface area contributed by atoms with Crippen molar-refractivity contribution in [2.75, 3.05) is 13.2 Å². The Balaban J connectivity index is 2.26. The average molecular weight is 275 g/mol. The fourth-order valence-electron chi connectivity index (χ4n) is 2.26. The van der Waals surface area contributed by atoms with Crippen molar-refractivity contribution < 1.29 is 14.3 Å². The molecule has 1 heterocycles. The molecule has 1 aromatic carbocycles. The maximum atomic E-state index is 11.5. The van der Waals surface area contributed by atoms with Gasteiger partial charge >= 0.3 is 0 Å². The quantitative estimate of drug-likeness (QED) is 0.840. The van der Waals surface area contributed by atoms with Gasteiger partial charge in [0.15, 0.2) is 0 Å². The summed E-state index contributed by atoms with van der Waals surface area (Å²) < 4.78 is 11.4. The molecule has 0 spiro atoms. The summed E-state index contributed by atoms with van der Waals surface area (Å²) in [7, 11) is 0. The number of ether oxygens (including phenoxy) is 2. The molecule has 0 aromatic heterocycles. The number of hydrogen-bond acceptors (Lipinski definition) is 3. The van der Waals surface area contributed by atoms with Crippen LogP contribution in [0.3, 0.4) is 0 Å². The van der Waals surface area contributed by atoms with E-state index in [0.29, 0.717) is 13.2 Å². The summed E-state index contributed by atoms with van der Waals surface area (Å²) >= 11 is 0. The average Bonchev–Trinajstić information content (AvgIpc) is 2.76. The highest BCUT2D eigenvalue weighted by Gasteiger charge is 2.21. The van der Waals surface area contributed by atoms with Crippen molar-refractivity contribution in [1.29, 1.82) is 0 Å². The predicted octanol–water partition coefficient (Wildman–Crippen LogP) is 2.56. The summed E-state index contributed by atoms with van der Waals surface area (Å²) in [6.45, 7) is 7.10. The summed E-state index contributed by atoms with van der Waals surface area (Å²) in [5, 5.41) is 2.73. The van der Waals surface area contributed by atoms with E-state index in [1.54, 1.807) is 6.08 Å². The Hall–Kier alpha value is -1.97. The molecule has 0 saturated carbocycles. The number of carbonyl (C=O) groups is 1. The first-order valence-electron chi connectivity index (χ1n) is 7.06. The normalized spacial score (nSPS) is 16.9. The molecule has 0 bridgehead atoms. The van der Waals surface area contributed by atoms with Crippen LogP contribution in [0.5, 0.6) is 11.5 Å². The fourth-order valence-corrected chi connectivity index (χ4v) is 2.26. The highest BCUT2D eigenvalue weighted by Crippen LogP contribution is 2.35. The Bertz CT molecular complexity index is 523. The van der Waals surface area contributed by atoms with Crippen LogP contribution in [0.1, 0.15) is 31.9 Å². The molecular formula is C16H21NO3. The first-order chi connectivity index (χ1) is 9.63. The van der Waals surface area contributed by atoms with Crippen LogP contribution in [-0.2, 0) is 11.2 Å². The number of fused-ring (bicyclic) bond motifs is 1. The molecule has 0 radical (unpaired) electrons. The Morgan fingerprint density at radius 2 is 2.30 bits per heavy atom. The van der Waals surface area contributed by atoms with Crippen LogP contribution in [0.25, 0.3) is 6.08 Å². The second-order valence-electron chi connectivity index (χ2n) is 4.79. The summed E-state index contributed by atoms with van der Waals surface area (Å²) in [6, 6.07) is 3.96. The fraction of sp³-hybridized carbons (Fsp3) is 0.438. The van der Waals surface area contributed by atoms with Gasteiger partial charge in [0.2, 0.25) is 5.91 Å². The highest BCUT2D eigenvalue weighted by molar-refractivity contribution is 5.92. The third-order valence-corrected chi connectivity index (χ3v) is 3.09. The van der Waals surface area contributed by atoms with Gasteiger partial charge in [0.1, 0.15) is 17.6 Å². The lowest BCUT2D eigenvalue weighted by molar-refractivity contribution is -0.116. The van der Waals surface area contributed by atoms with Gasteiger partial charge in [-0.2, -0.15) is 0 Å². The summed E-state index contributed by atoms with van der Waals surface area (Å²) in [6.07, 6.45) is 4.38. The standard InChI is InChI=1S/C16H21NO3/c1-4-17-16(18)7-6-12-9-15-13(8-11(3)20-15)10-14(12)19-5-2/h6-7,9-11H,4-5,8H2,1-3H3,(H,17,18)/b7-6+. The van der Waals surface area contributed by atoms with Crippen LogP contribution in [0.4, 0.5) is 0 Å². The maximum absolute atomic E-state index is 11.5. The van der Waals surface area contributed by atoms with Crippen molar-refractivity contribution in [2.45, 2.75) is 33.3 Å². The van der Waals surface area contributed by atoms with E-state index in [1.165, 1.54) is 6.08 Å². The smallest absolute Gasteiger partial charge is 0.243 e. The van der Waals surface area contributed by atoms with Crippen molar-refractivity contribution >= 4 is 12.0 Å². The predicted molar refractivity (Wildman–Crippen MR) is 79.1 cm³/mol. The number of amides is 1. The van der Waals surface area contributed by atoms with Crippen LogP contribution in [0.15, 0.2) is 18.2 Å². The number of hydrogen-bond donors (Lipinski definition) is 1. The van der Waals surface area contributed by atoms with E-state index in [0.717, 1.165) is 29.0 Å². The number of likely N-dealkylation sites (N-methyl/N-ethyl adjacent to an activating group) is 1. The minimum Gasteiger partial charge on any atom is -0.493 e.